The average Bonchev–Trinajstić information content (AvgIpc) is 2.98. The number of halogens is 3. The summed E-state index contributed by atoms with van der Waals surface area (Å²) in [5, 5.41) is 14.0. The van der Waals surface area contributed by atoms with Gasteiger partial charge in [-0.3, -0.25) is 4.79 Å². The highest BCUT2D eigenvalue weighted by Crippen LogP contribution is 2.30. The number of carbonyl (C=O) groups is 1. The zero-order valence-electron chi connectivity index (χ0n) is 12.3. The monoisotopic (exact) mass is 374 g/mol. The van der Waals surface area contributed by atoms with Gasteiger partial charge in [0.1, 0.15) is 0 Å². The second kappa shape index (κ2) is 8.15. The lowest BCUT2D eigenvalue weighted by Gasteiger charge is -2.08. The zero-order valence-corrected chi connectivity index (χ0v) is 13.9. The maximum atomic E-state index is 12.5. The van der Waals surface area contributed by atoms with Gasteiger partial charge >= 0.3 is 6.18 Å². The summed E-state index contributed by atoms with van der Waals surface area (Å²) in [6, 6.07) is 4.28. The molecule has 0 aliphatic heterocycles. The molecule has 1 amide bonds. The first-order chi connectivity index (χ1) is 11.4. The van der Waals surface area contributed by atoms with E-state index < -0.39 is 11.7 Å². The van der Waals surface area contributed by atoms with Crippen molar-refractivity contribution in [3.63, 3.8) is 0 Å². The van der Waals surface area contributed by atoms with Crippen LogP contribution in [-0.2, 0) is 11.0 Å². The number of aromatic nitrogens is 2. The summed E-state index contributed by atoms with van der Waals surface area (Å²) in [4.78, 5) is 11.8. The lowest BCUT2D eigenvalue weighted by Crippen LogP contribution is -2.14. The molecule has 1 aromatic heterocycles. The summed E-state index contributed by atoms with van der Waals surface area (Å²) in [5.41, 5.74) is -0.456. The Morgan fingerprint density at radius 2 is 2.00 bits per heavy atom. The van der Waals surface area contributed by atoms with Crippen molar-refractivity contribution in [1.82, 2.24) is 10.2 Å². The van der Waals surface area contributed by atoms with Gasteiger partial charge in [0.15, 0.2) is 4.34 Å². The van der Waals surface area contributed by atoms with E-state index >= 15 is 0 Å². The molecule has 0 bridgehead atoms. The third-order valence-electron chi connectivity index (χ3n) is 2.63. The molecule has 5 nitrogen and oxygen atoms in total. The molecular weight excluding hydrogens is 361 g/mol. The standard InChI is InChI=1S/C14H13F3N4OS2/c1-2-7-18-12-20-21-13(24-12)23-8-11(22)19-10-5-3-9(4-6-10)14(15,16)17/h2-6H,1,7-8H2,(H,18,20)(H,19,22). The Kier molecular flexibility index (Phi) is 6.21. The van der Waals surface area contributed by atoms with Gasteiger partial charge in [-0.2, -0.15) is 13.2 Å². The Bertz CT molecular complexity index is 701. The number of alkyl halides is 3. The van der Waals surface area contributed by atoms with Gasteiger partial charge in [0.2, 0.25) is 11.0 Å². The molecule has 0 aliphatic carbocycles. The molecule has 0 spiro atoms. The SMILES string of the molecule is C=CCNc1nnc(SCC(=O)Nc2ccc(C(F)(F)F)cc2)s1. The van der Waals surface area contributed by atoms with Crippen LogP contribution in [-0.4, -0.2) is 28.4 Å². The second-order valence-corrected chi connectivity index (χ2v) is 6.65. The predicted octanol–water partition coefficient (Wildman–Crippen LogP) is 3.89. The minimum absolute atomic E-state index is 0.0805. The number of benzene rings is 1. The highest BCUT2D eigenvalue weighted by Gasteiger charge is 2.29. The lowest BCUT2D eigenvalue weighted by atomic mass is 10.2. The van der Waals surface area contributed by atoms with Crippen LogP contribution in [0.4, 0.5) is 24.0 Å². The molecule has 0 atom stereocenters. The smallest absolute Gasteiger partial charge is 0.357 e. The summed E-state index contributed by atoms with van der Waals surface area (Å²) in [6.07, 6.45) is -2.71. The first-order valence-electron chi connectivity index (χ1n) is 6.66. The van der Waals surface area contributed by atoms with Crippen molar-refractivity contribution in [3.8, 4) is 0 Å². The number of anilines is 2. The van der Waals surface area contributed by atoms with Crippen molar-refractivity contribution in [2.24, 2.45) is 0 Å². The minimum atomic E-state index is -4.40. The van der Waals surface area contributed by atoms with E-state index in [0.29, 0.717) is 21.7 Å². The highest BCUT2D eigenvalue weighted by atomic mass is 32.2. The van der Waals surface area contributed by atoms with Crippen molar-refractivity contribution < 1.29 is 18.0 Å². The normalized spacial score (nSPS) is 11.1. The van der Waals surface area contributed by atoms with Crippen molar-refractivity contribution in [2.75, 3.05) is 22.9 Å². The van der Waals surface area contributed by atoms with Crippen LogP contribution in [0.15, 0.2) is 41.3 Å². The Morgan fingerprint density at radius 1 is 1.29 bits per heavy atom. The maximum Gasteiger partial charge on any atom is 0.416 e. The summed E-state index contributed by atoms with van der Waals surface area (Å²) < 4.78 is 38.0. The predicted molar refractivity (Wildman–Crippen MR) is 89.4 cm³/mol. The van der Waals surface area contributed by atoms with Gasteiger partial charge in [0, 0.05) is 12.2 Å². The van der Waals surface area contributed by atoms with Crippen LogP contribution in [0.2, 0.25) is 0 Å². The van der Waals surface area contributed by atoms with E-state index in [1.54, 1.807) is 6.08 Å². The molecular formula is C14H13F3N4OS2. The molecule has 2 rings (SSSR count). The summed E-state index contributed by atoms with van der Waals surface area (Å²) in [6.45, 7) is 4.14. The summed E-state index contributed by atoms with van der Waals surface area (Å²) in [7, 11) is 0. The van der Waals surface area contributed by atoms with Crippen LogP contribution in [0.3, 0.4) is 0 Å². The van der Waals surface area contributed by atoms with E-state index in [1.165, 1.54) is 35.2 Å². The molecule has 0 aliphatic rings. The Balaban J connectivity index is 1.82. The van der Waals surface area contributed by atoms with Crippen LogP contribution < -0.4 is 10.6 Å². The van der Waals surface area contributed by atoms with Crippen molar-refractivity contribution >= 4 is 39.8 Å². The summed E-state index contributed by atoms with van der Waals surface area (Å²) in [5.74, 6) is -0.257. The molecule has 10 heteroatoms. The van der Waals surface area contributed by atoms with Crippen LogP contribution >= 0.6 is 23.1 Å². The number of nitrogens with zero attached hydrogens (tertiary/aromatic N) is 2. The molecule has 1 aromatic carbocycles. The number of rotatable bonds is 7. The molecule has 0 unspecified atom stereocenters. The van der Waals surface area contributed by atoms with E-state index in [-0.39, 0.29) is 11.7 Å². The Morgan fingerprint density at radius 3 is 2.62 bits per heavy atom. The number of amides is 1. The quantitative estimate of drug-likeness (QED) is 0.569. The van der Waals surface area contributed by atoms with E-state index in [9.17, 15) is 18.0 Å². The fourth-order valence-electron chi connectivity index (χ4n) is 1.57. The molecule has 0 saturated heterocycles. The Labute approximate surface area is 144 Å². The number of thioether (sulfide) groups is 1. The van der Waals surface area contributed by atoms with Crippen LogP contribution in [0, 0.1) is 0 Å². The van der Waals surface area contributed by atoms with Crippen LogP contribution in [0.1, 0.15) is 5.56 Å². The van der Waals surface area contributed by atoms with Gasteiger partial charge in [-0.15, -0.1) is 16.8 Å². The second-order valence-electron chi connectivity index (χ2n) is 4.45. The molecule has 0 radical (unpaired) electrons. The highest BCUT2D eigenvalue weighted by molar-refractivity contribution is 8.01. The largest absolute Gasteiger partial charge is 0.416 e. The first-order valence-corrected chi connectivity index (χ1v) is 8.47. The number of hydrogen-bond acceptors (Lipinski definition) is 6. The summed E-state index contributed by atoms with van der Waals surface area (Å²) >= 11 is 2.50. The van der Waals surface area contributed by atoms with Gasteiger partial charge in [-0.25, -0.2) is 0 Å². The number of carbonyl (C=O) groups excluding carboxylic acids is 1. The van der Waals surface area contributed by atoms with Gasteiger partial charge in [-0.1, -0.05) is 29.2 Å². The lowest BCUT2D eigenvalue weighted by molar-refractivity contribution is -0.137. The van der Waals surface area contributed by atoms with Gasteiger partial charge in [-0.05, 0) is 24.3 Å². The van der Waals surface area contributed by atoms with Gasteiger partial charge in [0.25, 0.3) is 0 Å². The molecule has 0 saturated carbocycles. The van der Waals surface area contributed by atoms with Crippen molar-refractivity contribution in [1.29, 1.82) is 0 Å². The molecule has 1 heterocycles. The van der Waals surface area contributed by atoms with Crippen LogP contribution in [0.25, 0.3) is 0 Å². The zero-order chi connectivity index (χ0) is 17.6. The van der Waals surface area contributed by atoms with Crippen molar-refractivity contribution in [2.45, 2.75) is 10.5 Å². The van der Waals surface area contributed by atoms with E-state index in [4.69, 9.17) is 0 Å². The minimum Gasteiger partial charge on any atom is -0.357 e. The van der Waals surface area contributed by atoms with Gasteiger partial charge < -0.3 is 10.6 Å². The number of nitrogens with one attached hydrogen (secondary N) is 2. The molecule has 2 aromatic rings. The topological polar surface area (TPSA) is 66.9 Å². The molecule has 0 fully saturated rings. The molecule has 2 N–H and O–H groups in total. The molecule has 24 heavy (non-hydrogen) atoms. The third kappa shape index (κ3) is 5.53. The fraction of sp³-hybridized carbons (Fsp3) is 0.214. The van der Waals surface area contributed by atoms with Gasteiger partial charge in [0.05, 0.1) is 11.3 Å². The van der Waals surface area contributed by atoms with E-state index in [1.807, 2.05) is 0 Å². The Hall–Kier alpha value is -2.07. The van der Waals surface area contributed by atoms with E-state index in [2.05, 4.69) is 27.4 Å². The first kappa shape index (κ1) is 18.3. The fourth-order valence-corrected chi connectivity index (χ4v) is 3.12. The number of hydrogen-bond donors (Lipinski definition) is 2. The van der Waals surface area contributed by atoms with E-state index in [0.717, 1.165) is 12.1 Å². The maximum absolute atomic E-state index is 12.5. The third-order valence-corrected chi connectivity index (χ3v) is 4.64. The average molecular weight is 374 g/mol. The van der Waals surface area contributed by atoms with Crippen molar-refractivity contribution in [3.05, 3.63) is 42.5 Å². The molecule has 128 valence electrons. The van der Waals surface area contributed by atoms with Crippen LogP contribution in [0.5, 0.6) is 0 Å².